The molecule has 4 heterocycles. The van der Waals surface area contributed by atoms with E-state index in [0.29, 0.717) is 0 Å². The lowest BCUT2D eigenvalue weighted by molar-refractivity contribution is 0.332. The van der Waals surface area contributed by atoms with E-state index in [4.69, 9.17) is 0 Å². The SMILES string of the molecule is CC(C)(C)c1ccc2c(c1)c1cc(C(C)(C)C)ccc1n2-c1ccc2c(c1)N(c1ccc(-c3ccc4c(c3)C(C)(C)CCC4(C)C)cc1)c1cc(-n3c4ccccc4c4ccccc43)cc3c1B2c1cc(-c2ccccc2C(C)(C)C)ccc1N3c1ccc(-c2ccc3c(c2)C(C)(C)CCC3(C)C)cc1. The van der Waals surface area contributed by atoms with Crippen molar-refractivity contribution >= 4 is 101 Å². The van der Waals surface area contributed by atoms with Crippen LogP contribution in [0.3, 0.4) is 0 Å². The fourth-order valence-corrected chi connectivity index (χ4v) is 18.9. The molecule has 0 atom stereocenters. The molecule has 14 aromatic rings. The van der Waals surface area contributed by atoms with Gasteiger partial charge < -0.3 is 18.9 Å². The molecule has 0 N–H and O–H groups in total. The van der Waals surface area contributed by atoms with Crippen molar-refractivity contribution in [3.05, 3.63) is 282 Å². The van der Waals surface area contributed by atoms with E-state index < -0.39 is 0 Å². The number of para-hydroxylation sites is 2. The summed E-state index contributed by atoms with van der Waals surface area (Å²) < 4.78 is 5.10. The molecule has 105 heavy (non-hydrogen) atoms. The Morgan fingerprint density at radius 3 is 1.19 bits per heavy atom. The first-order valence-electron chi connectivity index (χ1n) is 38.7. The van der Waals surface area contributed by atoms with Crippen molar-refractivity contribution in [2.75, 3.05) is 9.80 Å². The summed E-state index contributed by atoms with van der Waals surface area (Å²) in [5.74, 6) is 0. The molecule has 0 bridgehead atoms. The fourth-order valence-electron chi connectivity index (χ4n) is 18.9. The number of nitrogens with zero attached hydrogens (tertiary/aromatic N) is 4. The number of hydrogen-bond acceptors (Lipinski definition) is 2. The van der Waals surface area contributed by atoms with Crippen molar-refractivity contribution in [2.24, 2.45) is 0 Å². The minimum Gasteiger partial charge on any atom is -0.311 e. The first-order chi connectivity index (χ1) is 49.9. The van der Waals surface area contributed by atoms with Crippen molar-refractivity contribution < 1.29 is 0 Å². The quantitative estimate of drug-likeness (QED) is 0.148. The molecule has 18 rings (SSSR count). The third-order valence-corrected chi connectivity index (χ3v) is 25.3. The average molecular weight is 1370 g/mol. The molecule has 0 amide bonds. The van der Waals surface area contributed by atoms with Crippen LogP contribution in [-0.2, 0) is 37.9 Å². The van der Waals surface area contributed by atoms with E-state index in [1.165, 1.54) is 164 Å². The molecule has 2 aromatic heterocycles. The first kappa shape index (κ1) is 66.8. The molecule has 2 aliphatic heterocycles. The Labute approximate surface area is 623 Å². The molecule has 0 saturated heterocycles. The number of anilines is 6. The molecule has 0 radical (unpaired) electrons. The van der Waals surface area contributed by atoms with E-state index >= 15 is 0 Å². The molecule has 5 heteroatoms. The van der Waals surface area contributed by atoms with Crippen LogP contribution in [0.25, 0.3) is 88.4 Å². The Morgan fingerprint density at radius 2 is 0.695 bits per heavy atom. The summed E-state index contributed by atoms with van der Waals surface area (Å²) in [5.41, 5.74) is 35.3. The maximum Gasteiger partial charge on any atom is 0.252 e. The van der Waals surface area contributed by atoms with Crippen molar-refractivity contribution in [3.8, 4) is 44.8 Å². The van der Waals surface area contributed by atoms with Crippen molar-refractivity contribution in [1.29, 1.82) is 0 Å². The Hall–Kier alpha value is -10.1. The van der Waals surface area contributed by atoms with Crippen LogP contribution in [0.15, 0.2) is 243 Å². The molecule has 522 valence electrons. The van der Waals surface area contributed by atoms with Crippen LogP contribution in [0.5, 0.6) is 0 Å². The summed E-state index contributed by atoms with van der Waals surface area (Å²) in [6.45, 7) is 40.4. The molecule has 2 aliphatic carbocycles. The summed E-state index contributed by atoms with van der Waals surface area (Å²) in [6, 6.07) is 95.6. The largest absolute Gasteiger partial charge is 0.311 e. The van der Waals surface area contributed by atoms with Crippen LogP contribution in [0.4, 0.5) is 34.1 Å². The standard InChI is InChI=1S/C100H99BN4/c1-94(2,3)67-37-48-87-76(57-67)77-58-68(95(4,5)6)38-49-88(77)104(87)71-43-46-83-90(59-71)103(70-41-32-63(33-42-70)65-35-45-80-82(55-65)100(16,17)53-51-98(80,12)13)92-61-72(105-85-28-22-19-25-74(85)75-26-20-23-29-86(75)105)60-91-93(92)101(83)84-56-66(73-24-18-21-27-78(73)96(7,8)9)36-47-89(84)102(91)69-39-30-62(31-40-69)64-34-44-79-81(54-64)99(14,15)52-50-97(79,10)11/h18-49,54-61H,50-53H2,1-17H3. The molecule has 0 saturated carbocycles. The zero-order valence-corrected chi connectivity index (χ0v) is 64.8. The van der Waals surface area contributed by atoms with Gasteiger partial charge in [-0.15, -0.1) is 0 Å². The Kier molecular flexibility index (Phi) is 14.8. The predicted molar refractivity (Wildman–Crippen MR) is 452 cm³/mol. The lowest BCUT2D eigenvalue weighted by Gasteiger charge is -2.45. The van der Waals surface area contributed by atoms with Crippen LogP contribution < -0.4 is 26.2 Å². The van der Waals surface area contributed by atoms with Gasteiger partial charge in [0.25, 0.3) is 6.71 Å². The minimum atomic E-state index is -0.179. The van der Waals surface area contributed by atoms with Crippen molar-refractivity contribution in [3.63, 3.8) is 0 Å². The number of hydrogen-bond donors (Lipinski definition) is 0. The fraction of sp³-hybridized carbons (Fsp3) is 0.280. The highest BCUT2D eigenvalue weighted by atomic mass is 15.2. The second-order valence-corrected chi connectivity index (χ2v) is 37.1. The number of aromatic nitrogens is 2. The highest BCUT2D eigenvalue weighted by Crippen LogP contribution is 2.53. The molecule has 12 aromatic carbocycles. The number of rotatable bonds is 7. The zero-order chi connectivity index (χ0) is 73.0. The van der Waals surface area contributed by atoms with Gasteiger partial charge in [-0.2, -0.15) is 0 Å². The molecular formula is C100H99BN4. The first-order valence-corrected chi connectivity index (χ1v) is 38.7. The summed E-state index contributed by atoms with van der Waals surface area (Å²) in [4.78, 5) is 5.28. The topological polar surface area (TPSA) is 16.3 Å². The normalized spacial score (nSPS) is 16.3. The van der Waals surface area contributed by atoms with Crippen LogP contribution in [0, 0.1) is 0 Å². The number of benzene rings is 12. The monoisotopic (exact) mass is 1370 g/mol. The Morgan fingerprint density at radius 1 is 0.286 bits per heavy atom. The van der Waals surface area contributed by atoms with Crippen LogP contribution in [0.1, 0.15) is 182 Å². The van der Waals surface area contributed by atoms with Gasteiger partial charge in [-0.3, -0.25) is 0 Å². The molecule has 4 aliphatic rings. The Bertz CT molecular complexity index is 5800. The number of fused-ring (bicyclic) bond motifs is 12. The summed E-state index contributed by atoms with van der Waals surface area (Å²) in [6.07, 6.45) is 4.71. The van der Waals surface area contributed by atoms with Gasteiger partial charge >= 0.3 is 0 Å². The lowest BCUT2D eigenvalue weighted by atomic mass is 9.33. The van der Waals surface area contributed by atoms with Gasteiger partial charge in [0.2, 0.25) is 0 Å². The highest BCUT2D eigenvalue weighted by molar-refractivity contribution is 7.00. The van der Waals surface area contributed by atoms with E-state index in [2.05, 4.69) is 379 Å². The summed E-state index contributed by atoms with van der Waals surface area (Å²) in [7, 11) is 0. The maximum absolute atomic E-state index is 2.65. The summed E-state index contributed by atoms with van der Waals surface area (Å²) >= 11 is 0. The van der Waals surface area contributed by atoms with Gasteiger partial charge in [-0.1, -0.05) is 269 Å². The maximum atomic E-state index is 2.65. The molecule has 0 spiro atoms. The Balaban J connectivity index is 0.929. The van der Waals surface area contributed by atoms with E-state index in [9.17, 15) is 0 Å². The van der Waals surface area contributed by atoms with E-state index in [-0.39, 0.29) is 44.6 Å². The smallest absolute Gasteiger partial charge is 0.252 e. The molecule has 4 nitrogen and oxygen atoms in total. The van der Waals surface area contributed by atoms with Crippen molar-refractivity contribution in [2.45, 2.75) is 181 Å². The summed E-state index contributed by atoms with van der Waals surface area (Å²) in [5, 5.41) is 5.03. The third-order valence-electron chi connectivity index (χ3n) is 25.3. The van der Waals surface area contributed by atoms with Crippen molar-refractivity contribution in [1.82, 2.24) is 9.13 Å². The van der Waals surface area contributed by atoms with Gasteiger partial charge in [0.15, 0.2) is 0 Å². The molecule has 0 unspecified atom stereocenters. The highest BCUT2D eigenvalue weighted by Gasteiger charge is 2.46. The van der Waals surface area contributed by atoms with E-state index in [1.54, 1.807) is 0 Å². The predicted octanol–water partition coefficient (Wildman–Crippen LogP) is 25.6. The molecular weight excluding hydrogens is 1270 g/mol. The second kappa shape index (κ2) is 23.2. The third kappa shape index (κ3) is 10.6. The van der Waals surface area contributed by atoms with Crippen LogP contribution in [0.2, 0.25) is 0 Å². The van der Waals surface area contributed by atoms with Gasteiger partial charge in [0.05, 0.1) is 27.8 Å². The van der Waals surface area contributed by atoms with E-state index in [1.807, 2.05) is 0 Å². The van der Waals surface area contributed by atoms with Gasteiger partial charge in [0, 0.05) is 61.4 Å². The van der Waals surface area contributed by atoms with E-state index in [0.717, 1.165) is 39.8 Å². The zero-order valence-electron chi connectivity index (χ0n) is 64.8. The minimum absolute atomic E-state index is 0.0366. The average Bonchev–Trinajstić information content (AvgIpc) is 1.13. The van der Waals surface area contributed by atoms with Crippen LogP contribution in [-0.4, -0.2) is 15.8 Å². The molecule has 0 fully saturated rings. The second-order valence-electron chi connectivity index (χ2n) is 37.1. The van der Waals surface area contributed by atoms with Gasteiger partial charge in [-0.05, 0) is 243 Å². The van der Waals surface area contributed by atoms with Crippen LogP contribution >= 0.6 is 0 Å². The van der Waals surface area contributed by atoms with Gasteiger partial charge in [-0.25, -0.2) is 0 Å². The van der Waals surface area contributed by atoms with Gasteiger partial charge in [0.1, 0.15) is 0 Å². The lowest BCUT2D eigenvalue weighted by Crippen LogP contribution is -2.61.